The molecule has 1 fully saturated rings. The zero-order valence-corrected chi connectivity index (χ0v) is 19.6. The van der Waals surface area contributed by atoms with Crippen LogP contribution in [0.1, 0.15) is 49.5 Å². The van der Waals surface area contributed by atoms with Gasteiger partial charge in [0.1, 0.15) is 0 Å². The summed E-state index contributed by atoms with van der Waals surface area (Å²) in [5.41, 5.74) is 6.58. The normalized spacial score (nSPS) is 15.7. The SMILES string of the molecule is CCOc1cc(C(=O)NNC(=O)C2CCCN2Cc2ccccc2)cc(OCC)c1OCC. The molecule has 0 radical (unpaired) electrons. The Morgan fingerprint density at radius 1 is 0.939 bits per heavy atom. The number of rotatable bonds is 10. The van der Waals surface area contributed by atoms with Crippen molar-refractivity contribution in [2.45, 2.75) is 46.2 Å². The molecule has 33 heavy (non-hydrogen) atoms. The number of nitrogens with zero attached hydrogens (tertiary/aromatic N) is 1. The molecule has 1 aliphatic heterocycles. The van der Waals surface area contributed by atoms with E-state index in [0.29, 0.717) is 49.2 Å². The first kappa shape index (κ1) is 24.4. The van der Waals surface area contributed by atoms with Crippen molar-refractivity contribution in [2.24, 2.45) is 0 Å². The molecule has 0 bridgehead atoms. The minimum Gasteiger partial charge on any atom is -0.490 e. The van der Waals surface area contributed by atoms with Gasteiger partial charge in [-0.3, -0.25) is 25.3 Å². The average molecular weight is 456 g/mol. The monoisotopic (exact) mass is 455 g/mol. The summed E-state index contributed by atoms with van der Waals surface area (Å²) in [5, 5.41) is 0. The van der Waals surface area contributed by atoms with E-state index in [1.807, 2.05) is 51.1 Å². The number of carbonyl (C=O) groups excluding carboxylic acids is 2. The van der Waals surface area contributed by atoms with Crippen molar-refractivity contribution in [3.05, 3.63) is 53.6 Å². The summed E-state index contributed by atoms with van der Waals surface area (Å²) in [6, 6.07) is 13.0. The van der Waals surface area contributed by atoms with Crippen molar-refractivity contribution in [3.63, 3.8) is 0 Å². The first-order valence-electron chi connectivity index (χ1n) is 11.5. The van der Waals surface area contributed by atoms with Crippen LogP contribution in [0.5, 0.6) is 17.2 Å². The second kappa shape index (κ2) is 12.1. The molecule has 1 saturated heterocycles. The van der Waals surface area contributed by atoms with Gasteiger partial charge < -0.3 is 14.2 Å². The quantitative estimate of drug-likeness (QED) is 0.535. The number of hydrogen-bond acceptors (Lipinski definition) is 6. The average Bonchev–Trinajstić information content (AvgIpc) is 3.28. The smallest absolute Gasteiger partial charge is 0.269 e. The minimum atomic E-state index is -0.457. The van der Waals surface area contributed by atoms with Gasteiger partial charge in [0.15, 0.2) is 11.5 Å². The van der Waals surface area contributed by atoms with E-state index < -0.39 is 5.91 Å². The van der Waals surface area contributed by atoms with E-state index >= 15 is 0 Å². The summed E-state index contributed by atoms with van der Waals surface area (Å²) in [6.45, 7) is 8.36. The van der Waals surface area contributed by atoms with Crippen LogP contribution in [-0.4, -0.2) is 49.1 Å². The molecule has 0 saturated carbocycles. The van der Waals surface area contributed by atoms with Crippen LogP contribution in [0.3, 0.4) is 0 Å². The lowest BCUT2D eigenvalue weighted by Crippen LogP contribution is -2.50. The molecule has 1 unspecified atom stereocenters. The summed E-state index contributed by atoms with van der Waals surface area (Å²) < 4.78 is 17.0. The van der Waals surface area contributed by atoms with Crippen molar-refractivity contribution in [1.82, 2.24) is 15.8 Å². The lowest BCUT2D eigenvalue weighted by Gasteiger charge is -2.24. The molecular formula is C25H33N3O5. The molecule has 0 aliphatic carbocycles. The third-order valence-corrected chi connectivity index (χ3v) is 5.37. The van der Waals surface area contributed by atoms with Gasteiger partial charge in [-0.15, -0.1) is 0 Å². The number of carbonyl (C=O) groups is 2. The molecule has 1 atom stereocenters. The highest BCUT2D eigenvalue weighted by Gasteiger charge is 2.31. The lowest BCUT2D eigenvalue weighted by molar-refractivity contribution is -0.126. The van der Waals surface area contributed by atoms with Gasteiger partial charge in [-0.2, -0.15) is 0 Å². The van der Waals surface area contributed by atoms with Crippen LogP contribution in [0.15, 0.2) is 42.5 Å². The van der Waals surface area contributed by atoms with E-state index in [2.05, 4.69) is 15.8 Å². The Morgan fingerprint density at radius 2 is 1.58 bits per heavy atom. The van der Waals surface area contributed by atoms with Gasteiger partial charge in [-0.1, -0.05) is 30.3 Å². The van der Waals surface area contributed by atoms with Crippen molar-refractivity contribution in [2.75, 3.05) is 26.4 Å². The topological polar surface area (TPSA) is 89.1 Å². The van der Waals surface area contributed by atoms with E-state index in [4.69, 9.17) is 14.2 Å². The van der Waals surface area contributed by atoms with Gasteiger partial charge >= 0.3 is 0 Å². The third-order valence-electron chi connectivity index (χ3n) is 5.37. The van der Waals surface area contributed by atoms with E-state index in [1.54, 1.807) is 12.1 Å². The zero-order chi connectivity index (χ0) is 23.6. The number of likely N-dealkylation sites (tertiary alicyclic amines) is 1. The second-order valence-electron chi connectivity index (χ2n) is 7.66. The highest BCUT2D eigenvalue weighted by atomic mass is 16.5. The molecule has 1 heterocycles. The van der Waals surface area contributed by atoms with Crippen LogP contribution in [0.25, 0.3) is 0 Å². The van der Waals surface area contributed by atoms with Crippen molar-refractivity contribution < 1.29 is 23.8 Å². The van der Waals surface area contributed by atoms with Crippen molar-refractivity contribution in [1.29, 1.82) is 0 Å². The Labute approximate surface area is 195 Å². The Hall–Kier alpha value is -3.26. The molecule has 1 aliphatic rings. The number of nitrogens with one attached hydrogen (secondary N) is 2. The lowest BCUT2D eigenvalue weighted by atomic mass is 10.1. The fourth-order valence-electron chi connectivity index (χ4n) is 3.92. The predicted molar refractivity (Wildman–Crippen MR) is 125 cm³/mol. The van der Waals surface area contributed by atoms with E-state index in [1.165, 1.54) is 0 Å². The minimum absolute atomic E-state index is 0.224. The fraction of sp³-hybridized carbons (Fsp3) is 0.440. The maximum atomic E-state index is 12.8. The number of hydrazine groups is 1. The predicted octanol–water partition coefficient (Wildman–Crippen LogP) is 3.31. The molecule has 2 N–H and O–H groups in total. The van der Waals surface area contributed by atoms with Crippen LogP contribution in [0.4, 0.5) is 0 Å². The maximum Gasteiger partial charge on any atom is 0.269 e. The maximum absolute atomic E-state index is 12.8. The summed E-state index contributed by atoms with van der Waals surface area (Å²) in [4.78, 5) is 27.8. The van der Waals surface area contributed by atoms with Crippen molar-refractivity contribution >= 4 is 11.8 Å². The third kappa shape index (κ3) is 6.38. The molecule has 178 valence electrons. The van der Waals surface area contributed by atoms with Crippen LogP contribution in [-0.2, 0) is 11.3 Å². The van der Waals surface area contributed by atoms with Gasteiger partial charge in [0.05, 0.1) is 25.9 Å². The van der Waals surface area contributed by atoms with Crippen LogP contribution < -0.4 is 25.1 Å². The number of hydrogen-bond donors (Lipinski definition) is 2. The molecule has 8 heteroatoms. The largest absolute Gasteiger partial charge is 0.490 e. The fourth-order valence-corrected chi connectivity index (χ4v) is 3.92. The first-order chi connectivity index (χ1) is 16.1. The van der Waals surface area contributed by atoms with Gasteiger partial charge in [0.25, 0.3) is 11.8 Å². The van der Waals surface area contributed by atoms with Gasteiger partial charge in [0, 0.05) is 12.1 Å². The molecule has 2 aromatic rings. The van der Waals surface area contributed by atoms with Gasteiger partial charge in [0.2, 0.25) is 5.75 Å². The molecule has 0 aromatic heterocycles. The highest BCUT2D eigenvalue weighted by molar-refractivity contribution is 5.97. The van der Waals surface area contributed by atoms with E-state index in [9.17, 15) is 9.59 Å². The summed E-state index contributed by atoms with van der Waals surface area (Å²) >= 11 is 0. The Bertz CT molecular complexity index is 908. The molecule has 3 rings (SSSR count). The second-order valence-corrected chi connectivity index (χ2v) is 7.66. The molecule has 2 amide bonds. The molecule has 2 aromatic carbocycles. The van der Waals surface area contributed by atoms with Crippen LogP contribution in [0.2, 0.25) is 0 Å². The number of ether oxygens (including phenoxy) is 3. The zero-order valence-electron chi connectivity index (χ0n) is 19.6. The number of benzene rings is 2. The summed E-state index contributed by atoms with van der Waals surface area (Å²) in [6.07, 6.45) is 1.69. The Morgan fingerprint density at radius 3 is 2.18 bits per heavy atom. The molecule has 0 spiro atoms. The number of amides is 2. The van der Waals surface area contributed by atoms with Gasteiger partial charge in [-0.25, -0.2) is 0 Å². The Balaban J connectivity index is 1.67. The standard InChI is InChI=1S/C25H33N3O5/c1-4-31-21-15-19(16-22(32-5-2)23(21)33-6-3)24(29)26-27-25(30)20-13-10-14-28(20)17-18-11-8-7-9-12-18/h7-9,11-12,15-16,20H,4-6,10,13-14,17H2,1-3H3,(H,26,29)(H,27,30). The van der Waals surface area contributed by atoms with E-state index in [-0.39, 0.29) is 11.9 Å². The summed E-state index contributed by atoms with van der Waals surface area (Å²) in [5.74, 6) is 0.626. The van der Waals surface area contributed by atoms with Crippen LogP contribution >= 0.6 is 0 Å². The van der Waals surface area contributed by atoms with Gasteiger partial charge in [-0.05, 0) is 57.9 Å². The van der Waals surface area contributed by atoms with Crippen molar-refractivity contribution in [3.8, 4) is 17.2 Å². The molecule has 8 nitrogen and oxygen atoms in total. The Kier molecular flexibility index (Phi) is 8.95. The highest BCUT2D eigenvalue weighted by Crippen LogP contribution is 2.39. The first-order valence-corrected chi connectivity index (χ1v) is 11.5. The summed E-state index contributed by atoms with van der Waals surface area (Å²) in [7, 11) is 0. The molecular weight excluding hydrogens is 422 g/mol. The van der Waals surface area contributed by atoms with E-state index in [0.717, 1.165) is 24.9 Å². The van der Waals surface area contributed by atoms with Crippen LogP contribution in [0, 0.1) is 0 Å².